The summed E-state index contributed by atoms with van der Waals surface area (Å²) in [6, 6.07) is 23.6. The van der Waals surface area contributed by atoms with Crippen molar-refractivity contribution in [2.24, 2.45) is 0 Å². The monoisotopic (exact) mass is 471 g/mol. The van der Waals surface area contributed by atoms with Crippen molar-refractivity contribution < 1.29 is 19.1 Å². The van der Waals surface area contributed by atoms with Crippen LogP contribution >= 0.6 is 11.3 Å². The van der Waals surface area contributed by atoms with Crippen molar-refractivity contribution in [3.63, 3.8) is 0 Å². The third kappa shape index (κ3) is 4.40. The van der Waals surface area contributed by atoms with Gasteiger partial charge in [0.25, 0.3) is 0 Å². The molecule has 0 unspecified atom stereocenters. The number of hydrogen-bond acceptors (Lipinski definition) is 6. The summed E-state index contributed by atoms with van der Waals surface area (Å²) in [5, 5.41) is 5.29. The standard InChI is InChI=1S/C26H21N3O4S/c30-22(25-29-21-11-5-6-12-23(21)34-25)13-27-24(31)14-28-26(32)33-15-20-18-9-3-1-7-16(18)17-8-2-4-10-19(17)20/h1-12,20H,13-15H2,(H,27,31)(H,28,32). The van der Waals surface area contributed by atoms with Gasteiger partial charge in [-0.05, 0) is 34.4 Å². The Morgan fingerprint density at radius 2 is 1.47 bits per heavy atom. The van der Waals surface area contributed by atoms with Crippen LogP contribution in [0.2, 0.25) is 0 Å². The fraction of sp³-hybridized carbons (Fsp3) is 0.154. The maximum absolute atomic E-state index is 12.3. The highest BCUT2D eigenvalue weighted by atomic mass is 32.1. The van der Waals surface area contributed by atoms with E-state index in [0.29, 0.717) is 5.01 Å². The van der Waals surface area contributed by atoms with Gasteiger partial charge < -0.3 is 15.4 Å². The first-order valence-corrected chi connectivity index (χ1v) is 11.7. The Morgan fingerprint density at radius 3 is 2.18 bits per heavy atom. The Morgan fingerprint density at radius 1 is 0.824 bits per heavy atom. The molecule has 0 spiro atoms. The molecule has 0 atom stereocenters. The average molecular weight is 472 g/mol. The van der Waals surface area contributed by atoms with Crippen LogP contribution in [0.1, 0.15) is 26.8 Å². The van der Waals surface area contributed by atoms with Crippen LogP contribution in [0.4, 0.5) is 4.79 Å². The van der Waals surface area contributed by atoms with Crippen LogP contribution in [0.5, 0.6) is 0 Å². The summed E-state index contributed by atoms with van der Waals surface area (Å²) in [7, 11) is 0. The van der Waals surface area contributed by atoms with Gasteiger partial charge in [-0.1, -0.05) is 60.7 Å². The lowest BCUT2D eigenvalue weighted by atomic mass is 9.98. The molecule has 0 fully saturated rings. The van der Waals surface area contributed by atoms with Crippen LogP contribution in [0.15, 0.2) is 72.8 Å². The highest BCUT2D eigenvalue weighted by Crippen LogP contribution is 2.44. The molecular formula is C26H21N3O4S. The molecule has 1 heterocycles. The smallest absolute Gasteiger partial charge is 0.407 e. The first-order valence-electron chi connectivity index (χ1n) is 10.8. The number of nitrogens with one attached hydrogen (secondary N) is 2. The number of para-hydroxylation sites is 1. The molecule has 8 heteroatoms. The summed E-state index contributed by atoms with van der Waals surface area (Å²) in [6.07, 6.45) is -0.686. The Balaban J connectivity index is 1.10. The van der Waals surface area contributed by atoms with Gasteiger partial charge in [0, 0.05) is 5.92 Å². The first kappa shape index (κ1) is 21.8. The van der Waals surface area contributed by atoms with Crippen molar-refractivity contribution in [2.75, 3.05) is 19.7 Å². The average Bonchev–Trinajstić information content (AvgIpc) is 3.44. The molecule has 4 aromatic rings. The van der Waals surface area contributed by atoms with Crippen LogP contribution in [0, 0.1) is 0 Å². The minimum Gasteiger partial charge on any atom is -0.449 e. The second-order valence-electron chi connectivity index (χ2n) is 7.87. The highest BCUT2D eigenvalue weighted by Gasteiger charge is 2.29. The molecule has 5 rings (SSSR count). The van der Waals surface area contributed by atoms with Gasteiger partial charge in [-0.2, -0.15) is 0 Å². The van der Waals surface area contributed by atoms with E-state index < -0.39 is 12.0 Å². The molecule has 1 aliphatic carbocycles. The second-order valence-corrected chi connectivity index (χ2v) is 8.90. The zero-order valence-electron chi connectivity index (χ0n) is 18.1. The Bertz CT molecular complexity index is 1320. The molecule has 170 valence electrons. The van der Waals surface area contributed by atoms with E-state index in [1.807, 2.05) is 60.7 Å². The predicted molar refractivity (Wildman–Crippen MR) is 130 cm³/mol. The van der Waals surface area contributed by atoms with E-state index in [1.165, 1.54) is 11.3 Å². The van der Waals surface area contributed by atoms with Crippen molar-refractivity contribution in [3.05, 3.63) is 88.9 Å². The topological polar surface area (TPSA) is 97.4 Å². The third-order valence-corrected chi connectivity index (χ3v) is 6.79. The minimum absolute atomic E-state index is 0.0570. The van der Waals surface area contributed by atoms with E-state index >= 15 is 0 Å². The number of Topliss-reactive ketones (excluding diaryl/α,β-unsaturated/α-hetero) is 1. The number of nitrogens with zero attached hydrogens (tertiary/aromatic N) is 1. The van der Waals surface area contributed by atoms with Crippen molar-refractivity contribution >= 4 is 39.3 Å². The summed E-state index contributed by atoms with van der Waals surface area (Å²) in [5.41, 5.74) is 5.26. The number of carbonyl (C=O) groups excluding carboxylic acids is 3. The molecule has 2 amide bonds. The second kappa shape index (κ2) is 9.44. The molecule has 0 aliphatic heterocycles. The van der Waals surface area contributed by atoms with E-state index in [9.17, 15) is 14.4 Å². The van der Waals surface area contributed by atoms with Gasteiger partial charge in [-0.3, -0.25) is 9.59 Å². The van der Waals surface area contributed by atoms with Crippen molar-refractivity contribution in [3.8, 4) is 11.1 Å². The molecule has 0 bridgehead atoms. The van der Waals surface area contributed by atoms with E-state index in [1.54, 1.807) is 0 Å². The van der Waals surface area contributed by atoms with Crippen LogP contribution in [-0.2, 0) is 9.53 Å². The number of carbonyl (C=O) groups is 3. The molecule has 0 saturated heterocycles. The van der Waals surface area contributed by atoms with Gasteiger partial charge in [0.05, 0.1) is 16.8 Å². The zero-order valence-corrected chi connectivity index (χ0v) is 18.9. The van der Waals surface area contributed by atoms with Gasteiger partial charge in [-0.15, -0.1) is 11.3 Å². The molecule has 7 nitrogen and oxygen atoms in total. The summed E-state index contributed by atoms with van der Waals surface area (Å²) in [5.74, 6) is -0.822. The van der Waals surface area contributed by atoms with Gasteiger partial charge in [0.1, 0.15) is 13.2 Å². The Kier molecular flexibility index (Phi) is 6.05. The molecule has 3 aromatic carbocycles. The Hall–Kier alpha value is -4.04. The number of amides is 2. The molecule has 34 heavy (non-hydrogen) atoms. The summed E-state index contributed by atoms with van der Waals surface area (Å²) in [6.45, 7) is -0.313. The molecule has 2 N–H and O–H groups in total. The quantitative estimate of drug-likeness (QED) is 0.395. The van der Waals surface area contributed by atoms with E-state index in [4.69, 9.17) is 4.74 Å². The van der Waals surface area contributed by atoms with Gasteiger partial charge in [0.15, 0.2) is 5.01 Å². The lowest BCUT2D eigenvalue weighted by molar-refractivity contribution is -0.120. The van der Waals surface area contributed by atoms with Crippen molar-refractivity contribution in [1.82, 2.24) is 15.6 Å². The van der Waals surface area contributed by atoms with E-state index in [-0.39, 0.29) is 31.4 Å². The number of aromatic nitrogens is 1. The third-order valence-electron chi connectivity index (χ3n) is 5.72. The van der Waals surface area contributed by atoms with Crippen LogP contribution in [-0.4, -0.2) is 42.5 Å². The predicted octanol–water partition coefficient (Wildman–Crippen LogP) is 4.13. The Labute approximate surface area is 199 Å². The van der Waals surface area contributed by atoms with Crippen LogP contribution in [0.25, 0.3) is 21.3 Å². The minimum atomic E-state index is -0.686. The molecule has 1 aliphatic rings. The van der Waals surface area contributed by atoms with Crippen molar-refractivity contribution in [1.29, 1.82) is 0 Å². The zero-order chi connectivity index (χ0) is 23.5. The van der Waals surface area contributed by atoms with Gasteiger partial charge >= 0.3 is 6.09 Å². The molecule has 0 saturated carbocycles. The molecule has 0 radical (unpaired) electrons. The normalized spacial score (nSPS) is 12.1. The number of alkyl carbamates (subject to hydrolysis) is 1. The maximum Gasteiger partial charge on any atom is 0.407 e. The first-order chi connectivity index (χ1) is 16.6. The van der Waals surface area contributed by atoms with Crippen LogP contribution < -0.4 is 10.6 Å². The fourth-order valence-electron chi connectivity index (χ4n) is 4.11. The van der Waals surface area contributed by atoms with E-state index in [0.717, 1.165) is 32.5 Å². The lowest BCUT2D eigenvalue weighted by Gasteiger charge is -2.14. The summed E-state index contributed by atoms with van der Waals surface area (Å²) >= 11 is 1.28. The summed E-state index contributed by atoms with van der Waals surface area (Å²) < 4.78 is 6.32. The summed E-state index contributed by atoms with van der Waals surface area (Å²) in [4.78, 5) is 40.9. The SMILES string of the molecule is O=C(CNC(=O)OCC1c2ccccc2-c2ccccc21)NCC(=O)c1nc2ccccc2s1. The number of thiazole rings is 1. The van der Waals surface area contributed by atoms with Crippen LogP contribution in [0.3, 0.4) is 0 Å². The lowest BCUT2D eigenvalue weighted by Crippen LogP contribution is -2.39. The number of ether oxygens (including phenoxy) is 1. The maximum atomic E-state index is 12.3. The molecule has 1 aromatic heterocycles. The highest BCUT2D eigenvalue weighted by molar-refractivity contribution is 7.20. The molecular weight excluding hydrogens is 450 g/mol. The van der Waals surface area contributed by atoms with Crippen molar-refractivity contribution in [2.45, 2.75) is 5.92 Å². The van der Waals surface area contributed by atoms with Gasteiger partial charge in [0.2, 0.25) is 11.7 Å². The van der Waals surface area contributed by atoms with Gasteiger partial charge in [-0.25, -0.2) is 9.78 Å². The number of benzene rings is 3. The number of fused-ring (bicyclic) bond motifs is 4. The number of rotatable bonds is 7. The fourth-order valence-corrected chi connectivity index (χ4v) is 5.01. The largest absolute Gasteiger partial charge is 0.449 e. The van der Waals surface area contributed by atoms with E-state index in [2.05, 4.69) is 27.8 Å². The number of hydrogen-bond donors (Lipinski definition) is 2. The number of ketones is 1.